The van der Waals surface area contributed by atoms with Crippen LogP contribution in [0.5, 0.6) is 0 Å². The molecule has 0 aliphatic rings. The summed E-state index contributed by atoms with van der Waals surface area (Å²) in [7, 11) is 0. The van der Waals surface area contributed by atoms with Crippen LogP contribution in [-0.2, 0) is 12.0 Å². The van der Waals surface area contributed by atoms with Crippen molar-refractivity contribution in [2.24, 2.45) is 0 Å². The molecule has 1 N–H and O–H groups in total. The lowest BCUT2D eigenvalue weighted by Gasteiger charge is -2.26. The predicted octanol–water partition coefficient (Wildman–Crippen LogP) is 3.12. The monoisotopic (exact) mass is 251 g/mol. The Bertz CT molecular complexity index is 486. The van der Waals surface area contributed by atoms with Gasteiger partial charge >= 0.3 is 0 Å². The Hall–Kier alpha value is -1.26. The molecule has 90 valence electrons. The largest absolute Gasteiger partial charge is 0.385 e. The van der Waals surface area contributed by atoms with Gasteiger partial charge in [0.2, 0.25) is 0 Å². The van der Waals surface area contributed by atoms with Gasteiger partial charge in [-0.3, -0.25) is 0 Å². The van der Waals surface area contributed by atoms with Crippen LogP contribution in [0.15, 0.2) is 35.8 Å². The van der Waals surface area contributed by atoms with E-state index < -0.39 is 5.60 Å². The summed E-state index contributed by atoms with van der Waals surface area (Å²) in [5.74, 6) is -0.367. The fourth-order valence-corrected chi connectivity index (χ4v) is 2.56. The van der Waals surface area contributed by atoms with Crippen LogP contribution in [0.25, 0.3) is 0 Å². The Morgan fingerprint density at radius 1 is 1.41 bits per heavy atom. The minimum absolute atomic E-state index is 0.345. The molecule has 1 aromatic heterocycles. The Labute approximate surface area is 104 Å². The van der Waals surface area contributed by atoms with E-state index in [0.29, 0.717) is 18.4 Å². The number of rotatable bonds is 4. The van der Waals surface area contributed by atoms with E-state index in [1.54, 1.807) is 24.4 Å². The summed E-state index contributed by atoms with van der Waals surface area (Å²) in [5.41, 5.74) is -0.832. The summed E-state index contributed by atoms with van der Waals surface area (Å²) in [6, 6.07) is 6.36. The van der Waals surface area contributed by atoms with Gasteiger partial charge in [-0.25, -0.2) is 9.37 Å². The summed E-state index contributed by atoms with van der Waals surface area (Å²) in [6.45, 7) is 1.85. The van der Waals surface area contributed by atoms with Crippen LogP contribution in [0.4, 0.5) is 4.39 Å². The van der Waals surface area contributed by atoms with E-state index in [4.69, 9.17) is 0 Å². The molecule has 17 heavy (non-hydrogen) atoms. The SMILES string of the molecule is CCC(O)(Cc1nccs1)c1ccccc1F. The van der Waals surface area contributed by atoms with Crippen LogP contribution in [0.3, 0.4) is 0 Å². The highest BCUT2D eigenvalue weighted by atomic mass is 32.1. The predicted molar refractivity (Wildman–Crippen MR) is 66.4 cm³/mol. The Kier molecular flexibility index (Phi) is 3.54. The molecule has 0 aliphatic carbocycles. The summed E-state index contributed by atoms with van der Waals surface area (Å²) in [5, 5.41) is 13.2. The number of benzene rings is 1. The number of aromatic nitrogens is 1. The molecule has 2 rings (SSSR count). The second-order valence-corrected chi connectivity index (χ2v) is 4.95. The minimum Gasteiger partial charge on any atom is -0.385 e. The quantitative estimate of drug-likeness (QED) is 0.905. The number of nitrogens with zero attached hydrogens (tertiary/aromatic N) is 1. The fourth-order valence-electron chi connectivity index (χ4n) is 1.84. The van der Waals surface area contributed by atoms with Crippen molar-refractivity contribution >= 4 is 11.3 Å². The van der Waals surface area contributed by atoms with Crippen LogP contribution in [0, 0.1) is 5.82 Å². The van der Waals surface area contributed by atoms with E-state index in [2.05, 4.69) is 4.98 Å². The van der Waals surface area contributed by atoms with Gasteiger partial charge in [0.05, 0.1) is 10.6 Å². The topological polar surface area (TPSA) is 33.1 Å². The molecule has 0 spiro atoms. The number of thiazole rings is 1. The third kappa shape index (κ3) is 2.53. The number of halogens is 1. The lowest BCUT2D eigenvalue weighted by atomic mass is 9.88. The normalized spacial score (nSPS) is 14.5. The zero-order valence-corrected chi connectivity index (χ0v) is 10.4. The fraction of sp³-hybridized carbons (Fsp3) is 0.308. The second-order valence-electron chi connectivity index (χ2n) is 3.97. The van der Waals surface area contributed by atoms with Crippen molar-refractivity contribution in [1.29, 1.82) is 0 Å². The van der Waals surface area contributed by atoms with Gasteiger partial charge in [0, 0.05) is 23.6 Å². The van der Waals surface area contributed by atoms with Gasteiger partial charge in [0.1, 0.15) is 5.82 Å². The molecule has 2 aromatic rings. The van der Waals surface area contributed by atoms with Gasteiger partial charge in [0.15, 0.2) is 0 Å². The summed E-state index contributed by atoms with van der Waals surface area (Å²) in [6.07, 6.45) is 2.49. The van der Waals surface area contributed by atoms with Gasteiger partial charge in [-0.1, -0.05) is 25.1 Å². The van der Waals surface area contributed by atoms with Crippen molar-refractivity contribution < 1.29 is 9.50 Å². The molecule has 1 heterocycles. The van der Waals surface area contributed by atoms with Gasteiger partial charge in [0.25, 0.3) is 0 Å². The molecule has 0 bridgehead atoms. The van der Waals surface area contributed by atoms with E-state index in [-0.39, 0.29) is 5.82 Å². The third-order valence-corrected chi connectivity index (χ3v) is 3.67. The van der Waals surface area contributed by atoms with E-state index in [1.807, 2.05) is 12.3 Å². The maximum Gasteiger partial charge on any atom is 0.129 e. The Balaban J connectivity index is 2.34. The van der Waals surface area contributed by atoms with Gasteiger partial charge in [-0.15, -0.1) is 11.3 Å². The van der Waals surface area contributed by atoms with Crippen molar-refractivity contribution in [3.8, 4) is 0 Å². The van der Waals surface area contributed by atoms with Crippen LogP contribution in [0.2, 0.25) is 0 Å². The second kappa shape index (κ2) is 4.94. The molecule has 0 aliphatic heterocycles. The highest BCUT2D eigenvalue weighted by Gasteiger charge is 2.31. The molecule has 4 heteroatoms. The van der Waals surface area contributed by atoms with Gasteiger partial charge in [-0.2, -0.15) is 0 Å². The molecule has 0 saturated carbocycles. The number of aliphatic hydroxyl groups is 1. The van der Waals surface area contributed by atoms with Crippen LogP contribution in [-0.4, -0.2) is 10.1 Å². The third-order valence-electron chi connectivity index (χ3n) is 2.89. The van der Waals surface area contributed by atoms with Crippen LogP contribution < -0.4 is 0 Å². The lowest BCUT2D eigenvalue weighted by molar-refractivity contribution is 0.0291. The first kappa shape index (κ1) is 12.2. The molecule has 2 nitrogen and oxygen atoms in total. The van der Waals surface area contributed by atoms with Crippen LogP contribution in [0.1, 0.15) is 23.9 Å². The van der Waals surface area contributed by atoms with Crippen molar-refractivity contribution in [2.45, 2.75) is 25.4 Å². The smallest absolute Gasteiger partial charge is 0.129 e. The van der Waals surface area contributed by atoms with Crippen molar-refractivity contribution in [3.63, 3.8) is 0 Å². The molecule has 0 amide bonds. The molecule has 0 radical (unpaired) electrons. The van der Waals surface area contributed by atoms with Gasteiger partial charge < -0.3 is 5.11 Å². The average Bonchev–Trinajstić information content (AvgIpc) is 2.82. The molecule has 1 atom stereocenters. The van der Waals surface area contributed by atoms with E-state index in [0.717, 1.165) is 5.01 Å². The van der Waals surface area contributed by atoms with E-state index in [9.17, 15) is 9.50 Å². The zero-order chi connectivity index (χ0) is 12.3. The van der Waals surface area contributed by atoms with Crippen molar-refractivity contribution in [1.82, 2.24) is 4.98 Å². The average molecular weight is 251 g/mol. The Morgan fingerprint density at radius 3 is 2.76 bits per heavy atom. The molecular formula is C13H14FNOS. The zero-order valence-electron chi connectivity index (χ0n) is 9.56. The standard InChI is InChI=1S/C13H14FNOS/c1-2-13(16,9-12-15-7-8-17-12)10-5-3-4-6-11(10)14/h3-8,16H,2,9H2,1H3. The highest BCUT2D eigenvalue weighted by Crippen LogP contribution is 2.31. The lowest BCUT2D eigenvalue weighted by Crippen LogP contribution is -2.28. The van der Waals surface area contributed by atoms with E-state index >= 15 is 0 Å². The van der Waals surface area contributed by atoms with Gasteiger partial charge in [-0.05, 0) is 12.5 Å². The molecule has 1 aromatic carbocycles. The minimum atomic E-state index is -1.18. The summed E-state index contributed by atoms with van der Waals surface area (Å²) >= 11 is 1.47. The number of hydrogen-bond donors (Lipinski definition) is 1. The number of hydrogen-bond acceptors (Lipinski definition) is 3. The molecular weight excluding hydrogens is 237 g/mol. The maximum atomic E-state index is 13.7. The highest BCUT2D eigenvalue weighted by molar-refractivity contribution is 7.09. The summed E-state index contributed by atoms with van der Waals surface area (Å²) in [4.78, 5) is 4.14. The van der Waals surface area contributed by atoms with Crippen molar-refractivity contribution in [2.75, 3.05) is 0 Å². The molecule has 0 fully saturated rings. The Morgan fingerprint density at radius 2 is 2.18 bits per heavy atom. The first-order chi connectivity index (χ1) is 8.15. The van der Waals surface area contributed by atoms with E-state index in [1.165, 1.54) is 17.4 Å². The first-order valence-electron chi connectivity index (χ1n) is 5.51. The first-order valence-corrected chi connectivity index (χ1v) is 6.39. The maximum absolute atomic E-state index is 13.7. The summed E-state index contributed by atoms with van der Waals surface area (Å²) < 4.78 is 13.7. The molecule has 0 saturated heterocycles. The van der Waals surface area contributed by atoms with Crippen LogP contribution >= 0.6 is 11.3 Å². The molecule has 1 unspecified atom stereocenters. The van der Waals surface area contributed by atoms with Crippen molar-refractivity contribution in [3.05, 3.63) is 52.2 Å².